The quantitative estimate of drug-likeness (QED) is 0.0849. The molecule has 1 unspecified atom stereocenters. The molecule has 0 saturated carbocycles. The largest absolute Gasteiger partial charge is 0.382 e. The van der Waals surface area contributed by atoms with Crippen LogP contribution in [-0.2, 0) is 16.1 Å². The third-order valence-electron chi connectivity index (χ3n) is 8.79. The number of ether oxygens (including phenoxy) is 1. The first kappa shape index (κ1) is 33.4. The summed E-state index contributed by atoms with van der Waals surface area (Å²) >= 11 is 0. The number of amides is 4. The molecule has 4 amide bonds. The molecule has 5 N–H and O–H groups in total. The zero-order valence-corrected chi connectivity index (χ0v) is 28.1. The molecule has 0 aliphatic carbocycles. The lowest BCUT2D eigenvalue weighted by molar-refractivity contribution is -0.126. The Hall–Kier alpha value is -6.09. The number of aromatic amines is 1. The zero-order valence-electron chi connectivity index (χ0n) is 28.1. The Labute approximate surface area is 293 Å². The second-order valence-electron chi connectivity index (χ2n) is 12.3. The van der Waals surface area contributed by atoms with E-state index in [-0.39, 0.29) is 29.5 Å². The molecule has 1 atom stereocenters. The molecule has 15 heteroatoms. The standard InChI is InChI=1S/C36H38N10O5/c1-2-17-45-21-23(20-41-45)30-26-12-14-38-31(26)44-36(43-30)42-24-10-8-22(9-11-24)32(47)40-16-19-51-18-15-37-27-6-3-5-25-29(27)35(50)46(34(25)49)28-7-4-13-39-33(28)48/h3,5-6,8-12,14,20-21,28,37H,2,4,7,13,15-19H2,1H3,(H,39,48)(H,40,47)(H2,38,42,43,44). The van der Waals surface area contributed by atoms with Crippen molar-refractivity contribution in [1.82, 2.24) is 40.3 Å². The normalized spacial score (nSPS) is 15.6. The monoisotopic (exact) mass is 690 g/mol. The molecule has 2 aromatic carbocycles. The molecule has 5 aromatic rings. The summed E-state index contributed by atoms with van der Waals surface area (Å²) in [6.07, 6.45) is 7.75. The number of aryl methyl sites for hydroxylation is 1. The van der Waals surface area contributed by atoms with Gasteiger partial charge >= 0.3 is 0 Å². The van der Waals surface area contributed by atoms with Gasteiger partial charge in [0.1, 0.15) is 11.7 Å². The number of benzene rings is 2. The van der Waals surface area contributed by atoms with Crippen molar-refractivity contribution >= 4 is 52.0 Å². The lowest BCUT2D eigenvalue weighted by Gasteiger charge is -2.28. The van der Waals surface area contributed by atoms with Gasteiger partial charge in [0.25, 0.3) is 17.7 Å². The van der Waals surface area contributed by atoms with Crippen LogP contribution in [0.3, 0.4) is 0 Å². The lowest BCUT2D eigenvalue weighted by atomic mass is 10.1. The number of nitrogens with zero attached hydrogens (tertiary/aromatic N) is 5. The van der Waals surface area contributed by atoms with Crippen LogP contribution in [0.2, 0.25) is 0 Å². The Kier molecular flexibility index (Phi) is 9.70. The Morgan fingerprint density at radius 3 is 2.69 bits per heavy atom. The minimum absolute atomic E-state index is 0.238. The zero-order chi connectivity index (χ0) is 35.3. The SMILES string of the molecule is CCCn1cc(-c2nc(Nc3ccc(C(=O)NCCOCCNc4cccc5c4C(=O)N(C4CCCNC4=O)C5=O)cc3)nc3[nH]ccc23)cn1. The summed E-state index contributed by atoms with van der Waals surface area (Å²) in [7, 11) is 0. The molecule has 0 radical (unpaired) electrons. The maximum absolute atomic E-state index is 13.2. The Bertz CT molecular complexity index is 2090. The van der Waals surface area contributed by atoms with Gasteiger partial charge in [-0.25, -0.2) is 4.98 Å². The van der Waals surface area contributed by atoms with Gasteiger partial charge < -0.3 is 31.0 Å². The van der Waals surface area contributed by atoms with E-state index >= 15 is 0 Å². The van der Waals surface area contributed by atoms with E-state index in [0.29, 0.717) is 61.9 Å². The molecule has 2 aliphatic heterocycles. The topological polar surface area (TPSA) is 188 Å². The van der Waals surface area contributed by atoms with Gasteiger partial charge in [-0.05, 0) is 61.7 Å². The van der Waals surface area contributed by atoms with E-state index in [4.69, 9.17) is 9.72 Å². The van der Waals surface area contributed by atoms with Crippen molar-refractivity contribution in [1.29, 1.82) is 0 Å². The highest BCUT2D eigenvalue weighted by Crippen LogP contribution is 2.32. The predicted octanol–water partition coefficient (Wildman–Crippen LogP) is 3.71. The number of hydrogen-bond donors (Lipinski definition) is 5. The van der Waals surface area contributed by atoms with Crippen LogP contribution in [0.5, 0.6) is 0 Å². The van der Waals surface area contributed by atoms with Crippen LogP contribution >= 0.6 is 0 Å². The van der Waals surface area contributed by atoms with Crippen molar-refractivity contribution in [3.05, 3.63) is 83.8 Å². The van der Waals surface area contributed by atoms with Gasteiger partial charge in [0.15, 0.2) is 0 Å². The molecule has 2 aliphatic rings. The molecule has 3 aromatic heterocycles. The molecule has 1 fully saturated rings. The van der Waals surface area contributed by atoms with Gasteiger partial charge in [0.05, 0.1) is 36.2 Å². The van der Waals surface area contributed by atoms with Gasteiger partial charge in [0, 0.05) is 66.5 Å². The van der Waals surface area contributed by atoms with Gasteiger partial charge in [-0.1, -0.05) is 13.0 Å². The molecular formula is C36H38N10O5. The van der Waals surface area contributed by atoms with Crippen molar-refractivity contribution in [2.24, 2.45) is 0 Å². The molecule has 51 heavy (non-hydrogen) atoms. The molecule has 0 spiro atoms. The van der Waals surface area contributed by atoms with E-state index in [1.807, 2.05) is 23.1 Å². The third-order valence-corrected chi connectivity index (χ3v) is 8.79. The second kappa shape index (κ2) is 14.8. The molecule has 5 heterocycles. The van der Waals surface area contributed by atoms with Gasteiger partial charge in [-0.15, -0.1) is 0 Å². The van der Waals surface area contributed by atoms with Crippen LogP contribution in [-0.4, -0.2) is 92.2 Å². The number of anilines is 3. The van der Waals surface area contributed by atoms with Gasteiger partial charge in [0.2, 0.25) is 11.9 Å². The van der Waals surface area contributed by atoms with Crippen molar-refractivity contribution < 1.29 is 23.9 Å². The summed E-state index contributed by atoms with van der Waals surface area (Å²) in [5, 5.41) is 17.3. The molecule has 0 bridgehead atoms. The molecule has 7 rings (SSSR count). The number of aromatic nitrogens is 5. The number of imide groups is 1. The van der Waals surface area contributed by atoms with E-state index in [1.54, 1.807) is 48.7 Å². The number of hydrogen-bond acceptors (Lipinski definition) is 10. The van der Waals surface area contributed by atoms with Crippen LogP contribution in [0.1, 0.15) is 57.3 Å². The number of piperidine rings is 1. The van der Waals surface area contributed by atoms with Crippen LogP contribution in [0, 0.1) is 0 Å². The van der Waals surface area contributed by atoms with Crippen LogP contribution in [0.25, 0.3) is 22.3 Å². The van der Waals surface area contributed by atoms with Crippen molar-refractivity contribution in [3.8, 4) is 11.3 Å². The first-order valence-electron chi connectivity index (χ1n) is 17.0. The fraction of sp³-hybridized carbons (Fsp3) is 0.306. The summed E-state index contributed by atoms with van der Waals surface area (Å²) < 4.78 is 7.58. The molecule has 262 valence electrons. The molecule has 1 saturated heterocycles. The average Bonchev–Trinajstić information content (AvgIpc) is 3.87. The second-order valence-corrected chi connectivity index (χ2v) is 12.3. The van der Waals surface area contributed by atoms with Crippen LogP contribution in [0.4, 0.5) is 17.3 Å². The number of nitrogens with one attached hydrogen (secondary N) is 5. The maximum Gasteiger partial charge on any atom is 0.264 e. The highest BCUT2D eigenvalue weighted by atomic mass is 16.5. The van der Waals surface area contributed by atoms with E-state index in [0.717, 1.165) is 40.2 Å². The first-order valence-corrected chi connectivity index (χ1v) is 17.0. The summed E-state index contributed by atoms with van der Waals surface area (Å²) in [5.74, 6) is -1.06. The average molecular weight is 691 g/mol. The van der Waals surface area contributed by atoms with Gasteiger partial charge in [-0.3, -0.25) is 28.8 Å². The van der Waals surface area contributed by atoms with Crippen molar-refractivity contribution in [2.75, 3.05) is 43.5 Å². The Morgan fingerprint density at radius 1 is 1.02 bits per heavy atom. The number of H-pyrrole nitrogens is 1. The summed E-state index contributed by atoms with van der Waals surface area (Å²) in [6.45, 7) is 4.72. The summed E-state index contributed by atoms with van der Waals surface area (Å²) in [4.78, 5) is 65.0. The fourth-order valence-electron chi connectivity index (χ4n) is 6.32. The fourth-order valence-corrected chi connectivity index (χ4v) is 6.32. The van der Waals surface area contributed by atoms with Crippen LogP contribution in [0.15, 0.2) is 67.1 Å². The van der Waals surface area contributed by atoms with E-state index < -0.39 is 17.9 Å². The van der Waals surface area contributed by atoms with Crippen LogP contribution < -0.4 is 21.3 Å². The van der Waals surface area contributed by atoms with E-state index in [9.17, 15) is 19.2 Å². The number of carbonyl (C=O) groups excluding carboxylic acids is 4. The highest BCUT2D eigenvalue weighted by Gasteiger charge is 2.44. The third kappa shape index (κ3) is 7.01. The number of rotatable bonds is 14. The first-order chi connectivity index (χ1) is 24.9. The Morgan fingerprint density at radius 2 is 1.86 bits per heavy atom. The number of carbonyl (C=O) groups is 4. The lowest BCUT2D eigenvalue weighted by Crippen LogP contribution is -2.52. The smallest absolute Gasteiger partial charge is 0.264 e. The summed E-state index contributed by atoms with van der Waals surface area (Å²) in [6, 6.07) is 13.2. The summed E-state index contributed by atoms with van der Waals surface area (Å²) in [5.41, 5.74) is 4.65. The minimum Gasteiger partial charge on any atom is -0.382 e. The number of fused-ring (bicyclic) bond motifs is 2. The molecular weight excluding hydrogens is 652 g/mol. The van der Waals surface area contributed by atoms with Crippen molar-refractivity contribution in [3.63, 3.8) is 0 Å². The van der Waals surface area contributed by atoms with Gasteiger partial charge in [-0.2, -0.15) is 10.1 Å². The highest BCUT2D eigenvalue weighted by molar-refractivity contribution is 6.25. The Balaban J connectivity index is 0.869. The van der Waals surface area contributed by atoms with E-state index in [2.05, 4.69) is 43.3 Å². The molecule has 15 nitrogen and oxygen atoms in total. The predicted molar refractivity (Wildman–Crippen MR) is 190 cm³/mol. The van der Waals surface area contributed by atoms with E-state index in [1.165, 1.54) is 0 Å². The van der Waals surface area contributed by atoms with Crippen molar-refractivity contribution in [2.45, 2.75) is 38.8 Å². The maximum atomic E-state index is 13.2. The minimum atomic E-state index is -0.797.